The minimum absolute atomic E-state index is 0.681. The minimum atomic E-state index is 0.681. The monoisotopic (exact) mass is 904 g/mol. The fourth-order valence-electron chi connectivity index (χ4n) is 8.45. The van der Waals surface area contributed by atoms with E-state index in [0.717, 1.165) is 82.1 Å². The van der Waals surface area contributed by atoms with Crippen LogP contribution in [-0.2, 0) is 0 Å². The summed E-state index contributed by atoms with van der Waals surface area (Å²) in [6.07, 6.45) is 0. The second kappa shape index (κ2) is 16.2. The molecular formula is C57H37IN4. The zero-order chi connectivity index (χ0) is 41.4. The molecule has 0 spiro atoms. The van der Waals surface area contributed by atoms with Crippen molar-refractivity contribution in [2.24, 2.45) is 0 Å². The van der Waals surface area contributed by atoms with Crippen LogP contribution in [0.5, 0.6) is 0 Å². The number of benzene rings is 8. The Hall–Kier alpha value is -7.48. The van der Waals surface area contributed by atoms with Crippen LogP contribution in [0.25, 0.3) is 106 Å². The number of rotatable bonds is 8. The van der Waals surface area contributed by atoms with Crippen LogP contribution in [0, 0.1) is 3.57 Å². The van der Waals surface area contributed by atoms with E-state index >= 15 is 0 Å². The van der Waals surface area contributed by atoms with E-state index in [1.807, 2.05) is 30.3 Å². The summed E-state index contributed by atoms with van der Waals surface area (Å²) in [5, 5.41) is 2.49. The molecule has 3 aromatic heterocycles. The van der Waals surface area contributed by atoms with Gasteiger partial charge in [-0.05, 0) is 99.4 Å². The molecule has 0 unspecified atom stereocenters. The van der Waals surface area contributed by atoms with Gasteiger partial charge in [0.2, 0.25) is 0 Å². The van der Waals surface area contributed by atoms with Gasteiger partial charge in [0, 0.05) is 47.8 Å². The van der Waals surface area contributed by atoms with E-state index in [4.69, 9.17) is 15.0 Å². The van der Waals surface area contributed by atoms with E-state index in [1.165, 1.54) is 21.8 Å². The van der Waals surface area contributed by atoms with Gasteiger partial charge in [0.15, 0.2) is 5.82 Å². The first-order valence-corrected chi connectivity index (χ1v) is 21.8. The molecule has 0 fully saturated rings. The Labute approximate surface area is 374 Å². The van der Waals surface area contributed by atoms with E-state index in [0.29, 0.717) is 5.82 Å². The van der Waals surface area contributed by atoms with Crippen molar-refractivity contribution in [1.29, 1.82) is 0 Å². The topological polar surface area (TPSA) is 43.6 Å². The van der Waals surface area contributed by atoms with Crippen LogP contribution in [-0.4, -0.2) is 19.5 Å². The van der Waals surface area contributed by atoms with Crippen molar-refractivity contribution in [1.82, 2.24) is 19.5 Å². The highest BCUT2D eigenvalue weighted by atomic mass is 127. The Morgan fingerprint density at radius 3 is 1.35 bits per heavy atom. The van der Waals surface area contributed by atoms with Gasteiger partial charge < -0.3 is 4.57 Å². The molecule has 0 N–H and O–H groups in total. The molecule has 5 heteroatoms. The van der Waals surface area contributed by atoms with E-state index in [2.05, 4.69) is 221 Å². The van der Waals surface area contributed by atoms with Crippen molar-refractivity contribution in [3.8, 4) is 84.4 Å². The SMILES string of the molecule is Ic1c(-c2cc(-c3ccc(-n4c5ccccc5c5ccccc54)cc3)cc(-c3cc(-c4ccccc4)nc(-c4ccccc4)n3)c2)cc(-c2ccccc2)nc1-c1ccccc1. The van der Waals surface area contributed by atoms with Crippen LogP contribution < -0.4 is 0 Å². The standard InChI is InChI=1S/C57H37IN4/c58-55-49(36-50(39-17-5-1-6-18-39)59-56(55)41-21-9-3-10-22-41)44-33-43(38-29-31-46(32-30-38)62-53-27-15-13-25-47(53)48-26-14-16-28-54(48)62)34-45(35-44)52-37-51(40-19-7-2-8-20-40)60-57(61-52)42-23-11-4-12-24-42/h1-37H. The molecule has 0 aliphatic carbocycles. The summed E-state index contributed by atoms with van der Waals surface area (Å²) in [5.74, 6) is 0.681. The third-order valence-electron chi connectivity index (χ3n) is 11.5. The minimum Gasteiger partial charge on any atom is -0.309 e. The zero-order valence-electron chi connectivity index (χ0n) is 33.5. The van der Waals surface area contributed by atoms with Gasteiger partial charge in [0.1, 0.15) is 0 Å². The third kappa shape index (κ3) is 7.06. The van der Waals surface area contributed by atoms with Crippen LogP contribution in [0.4, 0.5) is 0 Å². The maximum atomic E-state index is 5.30. The fourth-order valence-corrected chi connectivity index (χ4v) is 9.35. The number of aromatic nitrogens is 4. The summed E-state index contributed by atoms with van der Waals surface area (Å²) in [5.41, 5.74) is 16.6. The van der Waals surface area contributed by atoms with E-state index < -0.39 is 0 Å². The lowest BCUT2D eigenvalue weighted by Crippen LogP contribution is -1.98. The van der Waals surface area contributed by atoms with Gasteiger partial charge in [-0.3, -0.25) is 0 Å². The average molecular weight is 905 g/mol. The summed E-state index contributed by atoms with van der Waals surface area (Å²) in [4.78, 5) is 15.7. The predicted molar refractivity (Wildman–Crippen MR) is 265 cm³/mol. The van der Waals surface area contributed by atoms with Gasteiger partial charge in [-0.15, -0.1) is 0 Å². The molecule has 0 bridgehead atoms. The van der Waals surface area contributed by atoms with Crippen LogP contribution in [0.15, 0.2) is 224 Å². The number of hydrogen-bond donors (Lipinski definition) is 0. The van der Waals surface area contributed by atoms with E-state index in [-0.39, 0.29) is 0 Å². The van der Waals surface area contributed by atoms with Crippen LogP contribution in [0.1, 0.15) is 0 Å². The quantitative estimate of drug-likeness (QED) is 0.143. The number of para-hydroxylation sites is 2. The first kappa shape index (κ1) is 37.5. The number of pyridine rings is 1. The molecule has 0 radical (unpaired) electrons. The van der Waals surface area contributed by atoms with Gasteiger partial charge in [-0.1, -0.05) is 170 Å². The molecule has 0 amide bonds. The van der Waals surface area contributed by atoms with Crippen molar-refractivity contribution < 1.29 is 0 Å². The highest BCUT2D eigenvalue weighted by molar-refractivity contribution is 14.1. The molecule has 4 nitrogen and oxygen atoms in total. The molecule has 3 heterocycles. The Bertz CT molecular complexity index is 3270. The molecule has 0 atom stereocenters. The summed E-state index contributed by atoms with van der Waals surface area (Å²) >= 11 is 2.50. The second-order valence-electron chi connectivity index (χ2n) is 15.4. The molecule has 11 aromatic rings. The summed E-state index contributed by atoms with van der Waals surface area (Å²) in [6, 6.07) is 79.1. The van der Waals surface area contributed by atoms with E-state index in [9.17, 15) is 0 Å². The van der Waals surface area contributed by atoms with Gasteiger partial charge in [0.25, 0.3) is 0 Å². The number of nitrogens with zero attached hydrogens (tertiary/aromatic N) is 4. The fraction of sp³-hybridized carbons (Fsp3) is 0. The lowest BCUT2D eigenvalue weighted by molar-refractivity contribution is 1.18. The maximum Gasteiger partial charge on any atom is 0.160 e. The Morgan fingerprint density at radius 1 is 0.323 bits per heavy atom. The summed E-state index contributed by atoms with van der Waals surface area (Å²) in [7, 11) is 0. The average Bonchev–Trinajstić information content (AvgIpc) is 3.69. The van der Waals surface area contributed by atoms with Gasteiger partial charge in [-0.2, -0.15) is 0 Å². The molecule has 0 saturated carbocycles. The molecular weight excluding hydrogens is 868 g/mol. The van der Waals surface area contributed by atoms with Gasteiger partial charge >= 0.3 is 0 Å². The molecule has 0 aliphatic rings. The van der Waals surface area contributed by atoms with Crippen LogP contribution in [0.2, 0.25) is 0 Å². The molecule has 292 valence electrons. The first-order valence-electron chi connectivity index (χ1n) is 20.7. The summed E-state index contributed by atoms with van der Waals surface area (Å²) < 4.78 is 3.44. The number of fused-ring (bicyclic) bond motifs is 3. The highest BCUT2D eigenvalue weighted by Crippen LogP contribution is 2.41. The normalized spacial score (nSPS) is 11.3. The maximum absolute atomic E-state index is 5.30. The predicted octanol–water partition coefficient (Wildman–Crippen LogP) is 15.2. The lowest BCUT2D eigenvalue weighted by atomic mass is 9.93. The zero-order valence-corrected chi connectivity index (χ0v) is 35.7. The van der Waals surface area contributed by atoms with Crippen molar-refractivity contribution >= 4 is 44.4 Å². The smallest absolute Gasteiger partial charge is 0.160 e. The Morgan fingerprint density at radius 2 is 0.774 bits per heavy atom. The first-order chi connectivity index (χ1) is 30.6. The highest BCUT2D eigenvalue weighted by Gasteiger charge is 2.19. The van der Waals surface area contributed by atoms with Gasteiger partial charge in [0.05, 0.1) is 33.8 Å². The Balaban J connectivity index is 1.13. The number of halogens is 1. The molecule has 62 heavy (non-hydrogen) atoms. The van der Waals surface area contributed by atoms with Crippen molar-refractivity contribution in [3.63, 3.8) is 0 Å². The lowest BCUT2D eigenvalue weighted by Gasteiger charge is -2.17. The second-order valence-corrected chi connectivity index (χ2v) is 16.4. The van der Waals surface area contributed by atoms with E-state index in [1.54, 1.807) is 0 Å². The molecule has 8 aromatic carbocycles. The van der Waals surface area contributed by atoms with Crippen LogP contribution in [0.3, 0.4) is 0 Å². The number of hydrogen-bond acceptors (Lipinski definition) is 3. The van der Waals surface area contributed by atoms with Crippen molar-refractivity contribution in [2.75, 3.05) is 0 Å². The van der Waals surface area contributed by atoms with Crippen molar-refractivity contribution in [2.45, 2.75) is 0 Å². The van der Waals surface area contributed by atoms with Crippen molar-refractivity contribution in [3.05, 3.63) is 228 Å². The summed E-state index contributed by atoms with van der Waals surface area (Å²) in [6.45, 7) is 0. The Kier molecular flexibility index (Phi) is 9.79. The van der Waals surface area contributed by atoms with Gasteiger partial charge in [-0.25, -0.2) is 15.0 Å². The molecule has 0 aliphatic heterocycles. The molecule has 11 rings (SSSR count). The molecule has 0 saturated heterocycles. The largest absolute Gasteiger partial charge is 0.309 e. The van der Waals surface area contributed by atoms with Crippen LogP contribution >= 0.6 is 22.6 Å². The third-order valence-corrected chi connectivity index (χ3v) is 12.6.